The molecular formula is C13H16ClNO2. The number of ether oxygens (including phenoxy) is 1. The average molecular weight is 254 g/mol. The number of aromatic nitrogens is 1. The zero-order chi connectivity index (χ0) is 12.3. The van der Waals surface area contributed by atoms with Gasteiger partial charge in [-0.05, 0) is 25.8 Å². The molecule has 0 bridgehead atoms. The Balaban J connectivity index is 2.21. The summed E-state index contributed by atoms with van der Waals surface area (Å²) < 4.78 is 4.95. The van der Waals surface area contributed by atoms with E-state index in [0.29, 0.717) is 12.5 Å². The van der Waals surface area contributed by atoms with Crippen molar-refractivity contribution < 1.29 is 9.53 Å². The summed E-state index contributed by atoms with van der Waals surface area (Å²) in [6.07, 6.45) is 5.26. The van der Waals surface area contributed by atoms with Crippen LogP contribution in [0, 0.1) is 0 Å². The molecule has 1 fully saturated rings. The number of carbonyl (C=O) groups is 1. The van der Waals surface area contributed by atoms with E-state index < -0.39 is 5.38 Å². The Morgan fingerprint density at radius 1 is 1.65 bits per heavy atom. The van der Waals surface area contributed by atoms with Crippen LogP contribution in [-0.2, 0) is 9.53 Å². The highest BCUT2D eigenvalue weighted by atomic mass is 35.5. The molecule has 1 aliphatic rings. The molecule has 1 saturated carbocycles. The lowest BCUT2D eigenvalue weighted by molar-refractivity contribution is -0.142. The van der Waals surface area contributed by atoms with Gasteiger partial charge in [-0.25, -0.2) is 0 Å². The lowest BCUT2D eigenvalue weighted by atomic mass is 9.80. The number of carbonyl (C=O) groups excluding carboxylic acids is 1. The van der Waals surface area contributed by atoms with Crippen LogP contribution < -0.4 is 0 Å². The zero-order valence-electron chi connectivity index (χ0n) is 9.86. The number of alkyl halides is 1. The molecule has 1 aromatic rings. The van der Waals surface area contributed by atoms with Gasteiger partial charge < -0.3 is 4.74 Å². The number of hydrogen-bond acceptors (Lipinski definition) is 3. The summed E-state index contributed by atoms with van der Waals surface area (Å²) in [5, 5.41) is -0.737. The SMILES string of the molecule is CCOC(=O)C(Cl)c1cccnc1C1CCC1. The molecule has 3 nitrogen and oxygen atoms in total. The molecule has 4 heteroatoms. The molecule has 0 aromatic carbocycles. The van der Waals surface area contributed by atoms with Crippen molar-refractivity contribution in [1.29, 1.82) is 0 Å². The van der Waals surface area contributed by atoms with Crippen LogP contribution in [-0.4, -0.2) is 17.6 Å². The predicted molar refractivity (Wildman–Crippen MR) is 66.1 cm³/mol. The summed E-state index contributed by atoms with van der Waals surface area (Å²) in [7, 11) is 0. The molecule has 2 rings (SSSR count). The second-order valence-corrected chi connectivity index (χ2v) is 4.66. The second kappa shape index (κ2) is 5.50. The fourth-order valence-corrected chi connectivity index (χ4v) is 2.26. The molecule has 0 amide bonds. The lowest BCUT2D eigenvalue weighted by Gasteiger charge is -2.27. The van der Waals surface area contributed by atoms with Gasteiger partial charge in [0.05, 0.1) is 6.61 Å². The molecule has 1 unspecified atom stereocenters. The summed E-state index contributed by atoms with van der Waals surface area (Å²) >= 11 is 6.15. The third-order valence-electron chi connectivity index (χ3n) is 3.13. The summed E-state index contributed by atoms with van der Waals surface area (Å²) in [5.41, 5.74) is 1.77. The topological polar surface area (TPSA) is 39.2 Å². The first-order chi connectivity index (χ1) is 8.24. The molecule has 1 heterocycles. The second-order valence-electron chi connectivity index (χ2n) is 4.22. The fourth-order valence-electron chi connectivity index (χ4n) is 2.01. The van der Waals surface area contributed by atoms with Gasteiger partial charge in [0.2, 0.25) is 0 Å². The number of halogens is 1. The maximum absolute atomic E-state index is 11.6. The van der Waals surface area contributed by atoms with Crippen LogP contribution in [0.2, 0.25) is 0 Å². The van der Waals surface area contributed by atoms with E-state index >= 15 is 0 Å². The van der Waals surface area contributed by atoms with E-state index in [0.717, 1.165) is 24.1 Å². The van der Waals surface area contributed by atoms with E-state index in [2.05, 4.69) is 4.98 Å². The molecule has 17 heavy (non-hydrogen) atoms. The van der Waals surface area contributed by atoms with Gasteiger partial charge >= 0.3 is 5.97 Å². The number of nitrogens with zero attached hydrogens (tertiary/aromatic N) is 1. The molecule has 0 aliphatic heterocycles. The van der Waals surface area contributed by atoms with Crippen molar-refractivity contribution in [2.75, 3.05) is 6.61 Å². The van der Waals surface area contributed by atoms with Crippen LogP contribution in [0.1, 0.15) is 48.7 Å². The summed E-state index contributed by atoms with van der Waals surface area (Å²) in [6, 6.07) is 3.68. The fraction of sp³-hybridized carbons (Fsp3) is 0.538. The number of hydrogen-bond donors (Lipinski definition) is 0. The van der Waals surface area contributed by atoms with Gasteiger partial charge in [-0.15, -0.1) is 11.6 Å². The van der Waals surface area contributed by atoms with Crippen molar-refractivity contribution in [2.24, 2.45) is 0 Å². The standard InChI is InChI=1S/C13H16ClNO2/c1-2-17-13(16)11(14)10-7-4-8-15-12(10)9-5-3-6-9/h4,7-9,11H,2-3,5-6H2,1H3. The van der Waals surface area contributed by atoms with Gasteiger partial charge in [0.25, 0.3) is 0 Å². The van der Waals surface area contributed by atoms with E-state index in [-0.39, 0.29) is 5.97 Å². The Morgan fingerprint density at radius 2 is 2.41 bits per heavy atom. The van der Waals surface area contributed by atoms with Crippen LogP contribution in [0.15, 0.2) is 18.3 Å². The van der Waals surface area contributed by atoms with Gasteiger partial charge in [0.15, 0.2) is 5.38 Å². The molecule has 0 spiro atoms. The average Bonchev–Trinajstić information content (AvgIpc) is 2.27. The first kappa shape index (κ1) is 12.4. The monoisotopic (exact) mass is 253 g/mol. The van der Waals surface area contributed by atoms with Crippen LogP contribution in [0.4, 0.5) is 0 Å². The van der Waals surface area contributed by atoms with Crippen LogP contribution in [0.5, 0.6) is 0 Å². The molecule has 1 aromatic heterocycles. The van der Waals surface area contributed by atoms with E-state index in [1.54, 1.807) is 13.1 Å². The van der Waals surface area contributed by atoms with Crippen molar-refractivity contribution >= 4 is 17.6 Å². The van der Waals surface area contributed by atoms with Gasteiger partial charge in [-0.1, -0.05) is 12.5 Å². The molecule has 92 valence electrons. The van der Waals surface area contributed by atoms with E-state index in [1.165, 1.54) is 6.42 Å². The minimum absolute atomic E-state index is 0.348. The third kappa shape index (κ3) is 2.60. The Bertz CT molecular complexity index is 404. The highest BCUT2D eigenvalue weighted by molar-refractivity contribution is 6.30. The Kier molecular flexibility index (Phi) is 4.00. The van der Waals surface area contributed by atoms with Gasteiger partial charge in [0.1, 0.15) is 0 Å². The Morgan fingerprint density at radius 3 is 3.00 bits per heavy atom. The minimum atomic E-state index is -0.737. The molecule has 1 atom stereocenters. The van der Waals surface area contributed by atoms with Crippen molar-refractivity contribution in [3.05, 3.63) is 29.6 Å². The molecular weight excluding hydrogens is 238 g/mol. The van der Waals surface area contributed by atoms with Crippen LogP contribution in [0.25, 0.3) is 0 Å². The number of rotatable bonds is 4. The summed E-state index contributed by atoms with van der Waals surface area (Å²) in [4.78, 5) is 16.0. The number of pyridine rings is 1. The largest absolute Gasteiger partial charge is 0.465 e. The third-order valence-corrected chi connectivity index (χ3v) is 3.54. The molecule has 0 N–H and O–H groups in total. The zero-order valence-corrected chi connectivity index (χ0v) is 10.6. The Labute approximate surface area is 106 Å². The van der Waals surface area contributed by atoms with E-state index in [9.17, 15) is 4.79 Å². The quantitative estimate of drug-likeness (QED) is 0.611. The van der Waals surface area contributed by atoms with Crippen LogP contribution in [0.3, 0.4) is 0 Å². The van der Waals surface area contributed by atoms with E-state index in [1.807, 2.05) is 12.1 Å². The summed E-state index contributed by atoms with van der Waals surface area (Å²) in [6.45, 7) is 2.12. The molecule has 0 radical (unpaired) electrons. The normalized spacial score (nSPS) is 17.3. The smallest absolute Gasteiger partial charge is 0.328 e. The first-order valence-electron chi connectivity index (χ1n) is 5.99. The highest BCUT2D eigenvalue weighted by Gasteiger charge is 2.28. The van der Waals surface area contributed by atoms with Gasteiger partial charge in [-0.2, -0.15) is 0 Å². The van der Waals surface area contributed by atoms with Crippen molar-refractivity contribution in [3.8, 4) is 0 Å². The van der Waals surface area contributed by atoms with Gasteiger partial charge in [-0.3, -0.25) is 9.78 Å². The van der Waals surface area contributed by atoms with Crippen LogP contribution >= 0.6 is 11.6 Å². The lowest BCUT2D eigenvalue weighted by Crippen LogP contribution is -2.18. The van der Waals surface area contributed by atoms with Crippen molar-refractivity contribution in [1.82, 2.24) is 4.98 Å². The van der Waals surface area contributed by atoms with E-state index in [4.69, 9.17) is 16.3 Å². The first-order valence-corrected chi connectivity index (χ1v) is 6.43. The maximum Gasteiger partial charge on any atom is 0.328 e. The highest BCUT2D eigenvalue weighted by Crippen LogP contribution is 2.39. The predicted octanol–water partition coefficient (Wildman–Crippen LogP) is 3.19. The molecule has 1 aliphatic carbocycles. The Hall–Kier alpha value is -1.09. The number of esters is 1. The summed E-state index contributed by atoms with van der Waals surface area (Å²) in [5.74, 6) is 0.0737. The van der Waals surface area contributed by atoms with Crippen molar-refractivity contribution in [2.45, 2.75) is 37.5 Å². The van der Waals surface area contributed by atoms with Crippen molar-refractivity contribution in [3.63, 3.8) is 0 Å². The minimum Gasteiger partial charge on any atom is -0.465 e. The maximum atomic E-state index is 11.6. The van der Waals surface area contributed by atoms with Gasteiger partial charge in [0, 0.05) is 23.4 Å². The molecule has 0 saturated heterocycles.